The molecule has 3 rings (SSSR count). The molecule has 0 bridgehead atoms. The van der Waals surface area contributed by atoms with Crippen LogP contribution < -0.4 is 9.47 Å². The number of aromatic nitrogens is 2. The van der Waals surface area contributed by atoms with E-state index in [1.54, 1.807) is 38.6 Å². The van der Waals surface area contributed by atoms with Crippen LogP contribution in [0.1, 0.15) is 17.0 Å². The molecule has 0 spiro atoms. The van der Waals surface area contributed by atoms with Crippen molar-refractivity contribution in [3.05, 3.63) is 65.6 Å². The maximum atomic E-state index is 9.65. The Morgan fingerprint density at radius 3 is 2.58 bits per heavy atom. The minimum atomic E-state index is -0.0455. The Bertz CT molecular complexity index is 980. The molecule has 0 saturated carbocycles. The number of benzene rings is 2. The molecule has 0 atom stereocenters. The molecule has 130 valence electrons. The summed E-state index contributed by atoms with van der Waals surface area (Å²) in [6.07, 6.45) is 2.20. The van der Waals surface area contributed by atoms with Crippen LogP contribution in [0.25, 0.3) is 11.3 Å². The van der Waals surface area contributed by atoms with Crippen molar-refractivity contribution in [2.75, 3.05) is 14.2 Å². The first kappa shape index (κ1) is 17.2. The minimum Gasteiger partial charge on any atom is -0.507 e. The van der Waals surface area contributed by atoms with Crippen molar-refractivity contribution in [1.82, 2.24) is 9.97 Å². The van der Waals surface area contributed by atoms with Gasteiger partial charge in [-0.15, -0.1) is 0 Å². The van der Waals surface area contributed by atoms with Crippen LogP contribution in [0.5, 0.6) is 17.2 Å². The lowest BCUT2D eigenvalue weighted by molar-refractivity contribution is 0.354. The van der Waals surface area contributed by atoms with Crippen LogP contribution in [0.3, 0.4) is 0 Å². The third kappa shape index (κ3) is 3.57. The van der Waals surface area contributed by atoms with Crippen molar-refractivity contribution in [2.45, 2.75) is 6.42 Å². The Labute approximate surface area is 151 Å². The molecule has 0 aliphatic heterocycles. The fraction of sp³-hybridized carbons (Fsp3) is 0.150. The Morgan fingerprint density at radius 2 is 1.85 bits per heavy atom. The lowest BCUT2D eigenvalue weighted by Gasteiger charge is -2.09. The molecule has 0 aliphatic carbocycles. The number of methoxy groups -OCH3 is 2. The van der Waals surface area contributed by atoms with E-state index in [-0.39, 0.29) is 11.3 Å². The van der Waals surface area contributed by atoms with Crippen molar-refractivity contribution in [3.63, 3.8) is 0 Å². The summed E-state index contributed by atoms with van der Waals surface area (Å²) in [5.41, 5.74) is 2.63. The summed E-state index contributed by atoms with van der Waals surface area (Å²) in [4.78, 5) is 8.89. The van der Waals surface area contributed by atoms with Gasteiger partial charge in [0.1, 0.15) is 17.6 Å². The number of phenolic OH excluding ortho intramolecular Hbond substituents is 1. The van der Waals surface area contributed by atoms with Crippen LogP contribution in [0.2, 0.25) is 0 Å². The third-order valence-corrected chi connectivity index (χ3v) is 3.93. The molecule has 0 amide bonds. The first-order valence-corrected chi connectivity index (χ1v) is 7.91. The quantitative estimate of drug-likeness (QED) is 0.761. The second kappa shape index (κ2) is 7.53. The summed E-state index contributed by atoms with van der Waals surface area (Å²) in [5.74, 6) is 1.91. The molecule has 0 aliphatic rings. The number of phenols is 1. The maximum Gasteiger partial charge on any atom is 0.161 e. The molecular weight excluding hydrogens is 330 g/mol. The monoisotopic (exact) mass is 347 g/mol. The normalized spacial score (nSPS) is 10.2. The molecule has 0 unspecified atom stereocenters. The van der Waals surface area contributed by atoms with Gasteiger partial charge in [0.05, 0.1) is 25.5 Å². The van der Waals surface area contributed by atoms with Crippen LogP contribution in [-0.4, -0.2) is 29.3 Å². The molecule has 26 heavy (non-hydrogen) atoms. The van der Waals surface area contributed by atoms with Gasteiger partial charge < -0.3 is 14.6 Å². The molecule has 1 aromatic heterocycles. The third-order valence-electron chi connectivity index (χ3n) is 3.93. The van der Waals surface area contributed by atoms with Crippen LogP contribution in [0, 0.1) is 11.3 Å². The second-order valence-electron chi connectivity index (χ2n) is 5.57. The predicted molar refractivity (Wildman–Crippen MR) is 96.2 cm³/mol. The number of aromatic hydroxyl groups is 1. The average molecular weight is 347 g/mol. The minimum absolute atomic E-state index is 0.0455. The zero-order chi connectivity index (χ0) is 18.5. The first-order chi connectivity index (χ1) is 12.6. The van der Waals surface area contributed by atoms with Crippen LogP contribution >= 0.6 is 0 Å². The molecule has 1 heterocycles. The van der Waals surface area contributed by atoms with E-state index in [0.717, 1.165) is 11.1 Å². The number of hydrogen-bond donors (Lipinski definition) is 1. The highest BCUT2D eigenvalue weighted by Crippen LogP contribution is 2.28. The smallest absolute Gasteiger partial charge is 0.161 e. The molecule has 1 N–H and O–H groups in total. The summed E-state index contributed by atoms with van der Waals surface area (Å²) in [6, 6.07) is 14.2. The Balaban J connectivity index is 1.90. The van der Waals surface area contributed by atoms with E-state index in [2.05, 4.69) is 9.97 Å². The van der Waals surface area contributed by atoms with E-state index in [1.165, 1.54) is 6.07 Å². The van der Waals surface area contributed by atoms with E-state index >= 15 is 0 Å². The first-order valence-electron chi connectivity index (χ1n) is 7.91. The van der Waals surface area contributed by atoms with E-state index in [4.69, 9.17) is 14.7 Å². The van der Waals surface area contributed by atoms with E-state index in [0.29, 0.717) is 29.4 Å². The van der Waals surface area contributed by atoms with Gasteiger partial charge in [-0.2, -0.15) is 5.26 Å². The summed E-state index contributed by atoms with van der Waals surface area (Å²) < 4.78 is 10.6. The molecule has 0 fully saturated rings. The Hall–Kier alpha value is -3.59. The van der Waals surface area contributed by atoms with Crippen molar-refractivity contribution in [1.29, 1.82) is 5.26 Å². The summed E-state index contributed by atoms with van der Waals surface area (Å²) in [7, 11) is 3.19. The fourth-order valence-electron chi connectivity index (χ4n) is 2.60. The van der Waals surface area contributed by atoms with E-state index in [9.17, 15) is 5.11 Å². The van der Waals surface area contributed by atoms with Gasteiger partial charge in [0, 0.05) is 18.2 Å². The lowest BCUT2D eigenvalue weighted by Crippen LogP contribution is -1.99. The van der Waals surface area contributed by atoms with Gasteiger partial charge in [-0.1, -0.05) is 6.07 Å². The standard InChI is InChI=1S/C20H17N3O3/c1-25-18-6-3-13(9-19(18)26-2)10-20-22-8-7-16(23-20)14-4-5-17(24)15(11-14)12-21/h3-9,11,24H,10H2,1-2H3. The molecule has 0 radical (unpaired) electrons. The van der Waals surface area contributed by atoms with Crippen molar-refractivity contribution >= 4 is 0 Å². The highest BCUT2D eigenvalue weighted by Gasteiger charge is 2.09. The van der Waals surface area contributed by atoms with Crippen LogP contribution in [0.15, 0.2) is 48.7 Å². The lowest BCUT2D eigenvalue weighted by atomic mass is 10.1. The van der Waals surface area contributed by atoms with Gasteiger partial charge in [0.2, 0.25) is 0 Å². The summed E-state index contributed by atoms with van der Waals surface area (Å²) >= 11 is 0. The molecule has 6 nitrogen and oxygen atoms in total. The van der Waals surface area contributed by atoms with E-state index in [1.807, 2.05) is 24.3 Å². The average Bonchev–Trinajstić information content (AvgIpc) is 2.68. The van der Waals surface area contributed by atoms with Gasteiger partial charge in [-0.05, 0) is 42.0 Å². The van der Waals surface area contributed by atoms with Crippen molar-refractivity contribution in [3.8, 4) is 34.6 Å². The number of ether oxygens (including phenoxy) is 2. The largest absolute Gasteiger partial charge is 0.507 e. The van der Waals surface area contributed by atoms with Crippen LogP contribution in [-0.2, 0) is 6.42 Å². The maximum absolute atomic E-state index is 9.65. The zero-order valence-electron chi connectivity index (χ0n) is 14.4. The van der Waals surface area contributed by atoms with Gasteiger partial charge in [-0.25, -0.2) is 9.97 Å². The number of rotatable bonds is 5. The molecule has 3 aromatic rings. The summed E-state index contributed by atoms with van der Waals surface area (Å²) in [5, 5.41) is 18.7. The van der Waals surface area contributed by atoms with Crippen LogP contribution in [0.4, 0.5) is 0 Å². The van der Waals surface area contributed by atoms with Crippen molar-refractivity contribution < 1.29 is 14.6 Å². The second-order valence-corrected chi connectivity index (χ2v) is 5.57. The number of nitriles is 1. The Kier molecular flexibility index (Phi) is 4.99. The molecule has 6 heteroatoms. The number of hydrogen-bond acceptors (Lipinski definition) is 6. The predicted octanol–water partition coefficient (Wildman–Crippen LogP) is 3.33. The number of nitrogens with zero attached hydrogens (tertiary/aromatic N) is 3. The fourth-order valence-corrected chi connectivity index (χ4v) is 2.60. The topological polar surface area (TPSA) is 88.3 Å². The summed E-state index contributed by atoms with van der Waals surface area (Å²) in [6.45, 7) is 0. The van der Waals surface area contributed by atoms with Gasteiger partial charge in [0.25, 0.3) is 0 Å². The van der Waals surface area contributed by atoms with Gasteiger partial charge in [-0.3, -0.25) is 0 Å². The SMILES string of the molecule is COc1ccc(Cc2nccc(-c3ccc(O)c(C#N)c3)n2)cc1OC. The van der Waals surface area contributed by atoms with Gasteiger partial charge in [0.15, 0.2) is 11.5 Å². The van der Waals surface area contributed by atoms with E-state index < -0.39 is 0 Å². The molecule has 2 aromatic carbocycles. The Morgan fingerprint density at radius 1 is 1.04 bits per heavy atom. The molecular formula is C20H17N3O3. The zero-order valence-corrected chi connectivity index (χ0v) is 14.4. The highest BCUT2D eigenvalue weighted by molar-refractivity contribution is 5.63. The highest BCUT2D eigenvalue weighted by atomic mass is 16.5. The van der Waals surface area contributed by atoms with Gasteiger partial charge >= 0.3 is 0 Å². The molecule has 0 saturated heterocycles. The van der Waals surface area contributed by atoms with Crippen molar-refractivity contribution in [2.24, 2.45) is 0 Å².